The van der Waals surface area contributed by atoms with Gasteiger partial charge in [-0.05, 0) is 29.7 Å². The van der Waals surface area contributed by atoms with E-state index >= 15 is 0 Å². The zero-order valence-electron chi connectivity index (χ0n) is 17.5. The van der Waals surface area contributed by atoms with Gasteiger partial charge in [-0.2, -0.15) is 5.10 Å². The standard InChI is InChI=1S/C25H24ClN5O/c26-21-13-11-20(12-14-21)22-23(24(27)31(30-22)17-19-9-5-2-6-10-19)29-25(32)28-16-15-18-7-3-1-4-8-18/h1-14H,15-17,27H2,(H2,28,29,32). The van der Waals surface area contributed by atoms with Crippen LogP contribution in [0.2, 0.25) is 5.02 Å². The lowest BCUT2D eigenvalue weighted by Crippen LogP contribution is -2.30. The average molecular weight is 446 g/mol. The van der Waals surface area contributed by atoms with Crippen LogP contribution < -0.4 is 16.4 Å². The van der Waals surface area contributed by atoms with Crippen LogP contribution in [0.25, 0.3) is 11.3 Å². The summed E-state index contributed by atoms with van der Waals surface area (Å²) in [5, 5.41) is 11.1. The molecule has 4 rings (SSSR count). The van der Waals surface area contributed by atoms with Gasteiger partial charge in [0.15, 0.2) is 0 Å². The average Bonchev–Trinajstić information content (AvgIpc) is 3.11. The number of urea groups is 1. The number of carbonyl (C=O) groups excluding carboxylic acids is 1. The molecule has 0 bridgehead atoms. The third kappa shape index (κ3) is 5.28. The Morgan fingerprint density at radius 1 is 0.906 bits per heavy atom. The maximum atomic E-state index is 12.6. The number of hydrogen-bond acceptors (Lipinski definition) is 3. The number of amides is 2. The van der Waals surface area contributed by atoms with Gasteiger partial charge in [0, 0.05) is 17.1 Å². The van der Waals surface area contributed by atoms with E-state index < -0.39 is 0 Å². The van der Waals surface area contributed by atoms with Crippen molar-refractivity contribution < 1.29 is 4.79 Å². The number of benzene rings is 3. The fourth-order valence-corrected chi connectivity index (χ4v) is 3.53. The summed E-state index contributed by atoms with van der Waals surface area (Å²) in [7, 11) is 0. The van der Waals surface area contributed by atoms with E-state index in [-0.39, 0.29) is 6.03 Å². The van der Waals surface area contributed by atoms with Crippen LogP contribution in [-0.4, -0.2) is 22.4 Å². The lowest BCUT2D eigenvalue weighted by atomic mass is 10.1. The Kier molecular flexibility index (Phi) is 6.72. The summed E-state index contributed by atoms with van der Waals surface area (Å²) in [5.41, 5.74) is 10.5. The molecule has 1 heterocycles. The van der Waals surface area contributed by atoms with Gasteiger partial charge in [0.25, 0.3) is 0 Å². The Hall–Kier alpha value is -3.77. The Bertz CT molecular complexity index is 1170. The number of aromatic nitrogens is 2. The van der Waals surface area contributed by atoms with Crippen LogP contribution in [0.3, 0.4) is 0 Å². The van der Waals surface area contributed by atoms with Crippen molar-refractivity contribution in [2.24, 2.45) is 0 Å². The monoisotopic (exact) mass is 445 g/mol. The molecule has 4 N–H and O–H groups in total. The number of halogens is 1. The Morgan fingerprint density at radius 3 is 2.19 bits per heavy atom. The topological polar surface area (TPSA) is 85.0 Å². The normalized spacial score (nSPS) is 10.7. The van der Waals surface area contributed by atoms with Crippen molar-refractivity contribution in [2.45, 2.75) is 13.0 Å². The number of rotatable bonds is 7. The SMILES string of the molecule is Nc1c(NC(=O)NCCc2ccccc2)c(-c2ccc(Cl)cc2)nn1Cc1ccccc1. The van der Waals surface area contributed by atoms with E-state index in [1.807, 2.05) is 72.8 Å². The van der Waals surface area contributed by atoms with Gasteiger partial charge in [0.1, 0.15) is 17.2 Å². The predicted molar refractivity (Wildman–Crippen MR) is 130 cm³/mol. The minimum atomic E-state index is -0.331. The maximum absolute atomic E-state index is 12.6. The molecule has 4 aromatic rings. The molecule has 2 amide bonds. The molecule has 0 aliphatic carbocycles. The number of nitrogens with one attached hydrogen (secondary N) is 2. The summed E-state index contributed by atoms with van der Waals surface area (Å²) >= 11 is 6.04. The number of anilines is 2. The zero-order chi connectivity index (χ0) is 22.3. The van der Waals surface area contributed by atoms with Crippen molar-refractivity contribution in [3.8, 4) is 11.3 Å². The highest BCUT2D eigenvalue weighted by molar-refractivity contribution is 6.30. The van der Waals surface area contributed by atoms with E-state index in [1.165, 1.54) is 0 Å². The van der Waals surface area contributed by atoms with Crippen LogP contribution >= 0.6 is 11.6 Å². The molecule has 0 saturated heterocycles. The summed E-state index contributed by atoms with van der Waals surface area (Å²) in [4.78, 5) is 12.6. The first-order valence-corrected chi connectivity index (χ1v) is 10.7. The van der Waals surface area contributed by atoms with Crippen LogP contribution in [0.1, 0.15) is 11.1 Å². The van der Waals surface area contributed by atoms with E-state index in [2.05, 4.69) is 10.6 Å². The third-order valence-electron chi connectivity index (χ3n) is 5.07. The summed E-state index contributed by atoms with van der Waals surface area (Å²) in [6.07, 6.45) is 0.737. The molecule has 0 fully saturated rings. The van der Waals surface area contributed by atoms with Crippen LogP contribution in [0.4, 0.5) is 16.3 Å². The Morgan fingerprint density at radius 2 is 1.53 bits per heavy atom. The minimum Gasteiger partial charge on any atom is -0.382 e. The molecule has 3 aromatic carbocycles. The molecular weight excluding hydrogens is 422 g/mol. The largest absolute Gasteiger partial charge is 0.382 e. The molecule has 0 saturated carbocycles. The van der Waals surface area contributed by atoms with E-state index in [4.69, 9.17) is 22.4 Å². The number of nitrogens with two attached hydrogens (primary N) is 1. The first-order valence-electron chi connectivity index (χ1n) is 10.3. The lowest BCUT2D eigenvalue weighted by Gasteiger charge is -2.09. The fraction of sp³-hybridized carbons (Fsp3) is 0.120. The molecule has 0 aliphatic rings. The zero-order valence-corrected chi connectivity index (χ0v) is 18.2. The molecule has 162 valence electrons. The van der Waals surface area contributed by atoms with Gasteiger partial charge < -0.3 is 16.4 Å². The van der Waals surface area contributed by atoms with E-state index in [9.17, 15) is 4.79 Å². The van der Waals surface area contributed by atoms with Gasteiger partial charge >= 0.3 is 6.03 Å². The second-order valence-corrected chi connectivity index (χ2v) is 7.81. The van der Waals surface area contributed by atoms with Crippen molar-refractivity contribution >= 4 is 29.1 Å². The number of hydrogen-bond donors (Lipinski definition) is 3. The lowest BCUT2D eigenvalue weighted by molar-refractivity contribution is 0.252. The molecule has 0 radical (unpaired) electrons. The van der Waals surface area contributed by atoms with Gasteiger partial charge in [0.05, 0.1) is 6.54 Å². The van der Waals surface area contributed by atoms with E-state index in [0.717, 1.165) is 23.1 Å². The van der Waals surface area contributed by atoms with Crippen molar-refractivity contribution in [1.29, 1.82) is 0 Å². The van der Waals surface area contributed by atoms with E-state index in [0.29, 0.717) is 35.3 Å². The Labute approximate surface area is 192 Å². The van der Waals surface area contributed by atoms with E-state index in [1.54, 1.807) is 16.8 Å². The second kappa shape index (κ2) is 10.0. The molecular formula is C25H24ClN5O. The first kappa shape index (κ1) is 21.5. The smallest absolute Gasteiger partial charge is 0.319 e. The fourth-order valence-electron chi connectivity index (χ4n) is 3.41. The summed E-state index contributed by atoms with van der Waals surface area (Å²) in [6.45, 7) is 0.995. The van der Waals surface area contributed by atoms with Crippen LogP contribution in [0.15, 0.2) is 84.9 Å². The highest BCUT2D eigenvalue weighted by Gasteiger charge is 2.19. The molecule has 0 atom stereocenters. The molecule has 0 unspecified atom stereocenters. The van der Waals surface area contributed by atoms with Crippen molar-refractivity contribution in [3.63, 3.8) is 0 Å². The summed E-state index contributed by atoms with van der Waals surface area (Å²) in [6, 6.07) is 26.9. The Balaban J connectivity index is 1.54. The molecule has 6 nitrogen and oxygen atoms in total. The van der Waals surface area contributed by atoms with Gasteiger partial charge in [-0.15, -0.1) is 0 Å². The third-order valence-corrected chi connectivity index (χ3v) is 5.32. The summed E-state index contributed by atoms with van der Waals surface area (Å²) < 4.78 is 1.69. The first-order chi connectivity index (χ1) is 15.6. The number of nitrogens with zero attached hydrogens (tertiary/aromatic N) is 2. The molecule has 1 aromatic heterocycles. The number of carbonyl (C=O) groups is 1. The van der Waals surface area contributed by atoms with Gasteiger partial charge in [0.2, 0.25) is 0 Å². The maximum Gasteiger partial charge on any atom is 0.319 e. The number of nitrogen functional groups attached to an aromatic ring is 1. The quantitative estimate of drug-likeness (QED) is 0.365. The van der Waals surface area contributed by atoms with Gasteiger partial charge in [-0.1, -0.05) is 84.4 Å². The minimum absolute atomic E-state index is 0.331. The second-order valence-electron chi connectivity index (χ2n) is 7.38. The molecule has 0 aliphatic heterocycles. The highest BCUT2D eigenvalue weighted by atomic mass is 35.5. The van der Waals surface area contributed by atoms with Crippen LogP contribution in [0, 0.1) is 0 Å². The van der Waals surface area contributed by atoms with Crippen molar-refractivity contribution in [1.82, 2.24) is 15.1 Å². The van der Waals surface area contributed by atoms with Gasteiger partial charge in [-0.3, -0.25) is 0 Å². The van der Waals surface area contributed by atoms with Crippen molar-refractivity contribution in [2.75, 3.05) is 17.6 Å². The van der Waals surface area contributed by atoms with Gasteiger partial charge in [-0.25, -0.2) is 9.48 Å². The predicted octanol–water partition coefficient (Wildman–Crippen LogP) is 5.20. The molecule has 0 spiro atoms. The van der Waals surface area contributed by atoms with Crippen LogP contribution in [-0.2, 0) is 13.0 Å². The van der Waals surface area contributed by atoms with Crippen LogP contribution in [0.5, 0.6) is 0 Å². The highest BCUT2D eigenvalue weighted by Crippen LogP contribution is 2.33. The van der Waals surface area contributed by atoms with Crippen molar-refractivity contribution in [3.05, 3.63) is 101 Å². The molecule has 32 heavy (non-hydrogen) atoms. The summed E-state index contributed by atoms with van der Waals surface area (Å²) in [5.74, 6) is 0.386. The molecule has 7 heteroatoms.